The van der Waals surface area contributed by atoms with Crippen LogP contribution in [0.25, 0.3) is 0 Å². The van der Waals surface area contributed by atoms with Crippen molar-refractivity contribution in [3.8, 4) is 5.75 Å². The number of nitrogens with zero attached hydrogens (tertiary/aromatic N) is 5. The number of ether oxygens (including phenoxy) is 1. The molecule has 2 amide bonds. The number of hydrogen-bond donors (Lipinski definition) is 1. The molecule has 38 heavy (non-hydrogen) atoms. The third kappa shape index (κ3) is 5.80. The van der Waals surface area contributed by atoms with E-state index < -0.39 is 11.9 Å². The predicted molar refractivity (Wildman–Crippen MR) is 140 cm³/mol. The third-order valence-electron chi connectivity index (χ3n) is 5.98. The van der Waals surface area contributed by atoms with Gasteiger partial charge in [-0.3, -0.25) is 19.0 Å². The average molecular weight is 537 g/mol. The summed E-state index contributed by atoms with van der Waals surface area (Å²) in [6.07, 6.45) is -0.132. The van der Waals surface area contributed by atoms with Gasteiger partial charge in [-0.25, -0.2) is 4.99 Å². The molecule has 1 saturated heterocycles. The number of aromatic nitrogens is 2. The number of aliphatic imine (C=N–C) groups is 1. The summed E-state index contributed by atoms with van der Waals surface area (Å²) < 4.78 is 12.2. The van der Waals surface area contributed by atoms with Gasteiger partial charge in [0.05, 0.1) is 13.0 Å². The van der Waals surface area contributed by atoms with Crippen LogP contribution in [-0.4, -0.2) is 57.1 Å². The molecule has 4 rings (SSSR count). The molecule has 1 aliphatic heterocycles. The first kappa shape index (κ1) is 26.7. The van der Waals surface area contributed by atoms with Crippen LogP contribution in [0.3, 0.4) is 0 Å². The minimum absolute atomic E-state index is 0.00383. The lowest BCUT2D eigenvalue weighted by Crippen LogP contribution is -2.42. The van der Waals surface area contributed by atoms with Gasteiger partial charge in [0.25, 0.3) is 11.6 Å². The summed E-state index contributed by atoms with van der Waals surface area (Å²) >= 11 is 5.59. The van der Waals surface area contributed by atoms with E-state index >= 15 is 0 Å². The van der Waals surface area contributed by atoms with Crippen LogP contribution in [0, 0.1) is 0 Å². The SMILES string of the molecule is CCOc1ccc(NC(=O)CC2C(=O)N(CC)C(=S)N2Cc2c(/N=C(\[O-])c3ccccc3)on[n+]2C)cc1. The fourth-order valence-corrected chi connectivity index (χ4v) is 4.46. The smallest absolute Gasteiger partial charge is 0.325 e. The van der Waals surface area contributed by atoms with Crippen LogP contribution in [0.15, 0.2) is 64.1 Å². The zero-order valence-corrected chi connectivity index (χ0v) is 22.1. The summed E-state index contributed by atoms with van der Waals surface area (Å²) in [6, 6.07) is 14.7. The zero-order chi connectivity index (χ0) is 27.2. The number of rotatable bonds is 10. The summed E-state index contributed by atoms with van der Waals surface area (Å²) in [5, 5.41) is 19.6. The molecule has 198 valence electrons. The zero-order valence-electron chi connectivity index (χ0n) is 21.3. The summed E-state index contributed by atoms with van der Waals surface area (Å²) in [5.74, 6) is -0.427. The highest BCUT2D eigenvalue weighted by molar-refractivity contribution is 7.80. The Kier molecular flexibility index (Phi) is 8.31. The molecule has 0 bridgehead atoms. The Hall–Kier alpha value is -4.32. The second kappa shape index (κ2) is 11.8. The minimum Gasteiger partial charge on any atom is -0.858 e. The maximum atomic E-state index is 13.2. The highest BCUT2D eigenvalue weighted by Crippen LogP contribution is 2.26. The van der Waals surface area contributed by atoms with Crippen molar-refractivity contribution in [1.29, 1.82) is 0 Å². The largest absolute Gasteiger partial charge is 0.858 e. The van der Waals surface area contributed by atoms with Crippen molar-refractivity contribution in [3.05, 3.63) is 65.9 Å². The number of carbonyl (C=O) groups excluding carboxylic acids is 2. The molecule has 11 nitrogen and oxygen atoms in total. The van der Waals surface area contributed by atoms with E-state index in [4.69, 9.17) is 21.5 Å². The molecule has 1 aromatic heterocycles. The van der Waals surface area contributed by atoms with E-state index in [2.05, 4.69) is 15.6 Å². The molecule has 1 atom stereocenters. The first-order valence-electron chi connectivity index (χ1n) is 12.1. The van der Waals surface area contributed by atoms with Crippen molar-refractivity contribution in [3.63, 3.8) is 0 Å². The molecule has 1 aliphatic rings. The Morgan fingerprint density at radius 3 is 2.58 bits per heavy atom. The van der Waals surface area contributed by atoms with Crippen LogP contribution >= 0.6 is 12.2 Å². The molecule has 2 aromatic carbocycles. The van der Waals surface area contributed by atoms with E-state index in [1.54, 1.807) is 66.5 Å². The molecule has 2 heterocycles. The summed E-state index contributed by atoms with van der Waals surface area (Å²) in [4.78, 5) is 33.3. The molecule has 1 unspecified atom stereocenters. The van der Waals surface area contributed by atoms with Gasteiger partial charge in [0, 0.05) is 12.2 Å². The molecule has 1 fully saturated rings. The van der Waals surface area contributed by atoms with Crippen molar-refractivity contribution >= 4 is 46.6 Å². The van der Waals surface area contributed by atoms with Gasteiger partial charge in [-0.1, -0.05) is 30.3 Å². The quantitative estimate of drug-likeness (QED) is 0.180. The number of hydrogen-bond acceptors (Lipinski definition) is 8. The Labute approximate surface area is 225 Å². The number of benzene rings is 2. The van der Waals surface area contributed by atoms with Gasteiger partial charge in [-0.05, 0) is 66.5 Å². The Morgan fingerprint density at radius 2 is 1.92 bits per heavy atom. The highest BCUT2D eigenvalue weighted by atomic mass is 32.1. The number of carbonyl (C=O) groups is 2. The second-order valence-electron chi connectivity index (χ2n) is 8.45. The predicted octanol–water partition coefficient (Wildman–Crippen LogP) is 1.68. The van der Waals surface area contributed by atoms with Gasteiger partial charge in [0.1, 0.15) is 18.3 Å². The van der Waals surface area contributed by atoms with Crippen LogP contribution in [0.2, 0.25) is 0 Å². The van der Waals surface area contributed by atoms with Gasteiger partial charge in [-0.2, -0.15) is 0 Å². The first-order chi connectivity index (χ1) is 18.3. The lowest BCUT2D eigenvalue weighted by atomic mass is 10.1. The van der Waals surface area contributed by atoms with Crippen molar-refractivity contribution in [2.75, 3.05) is 18.5 Å². The first-order valence-corrected chi connectivity index (χ1v) is 12.5. The van der Waals surface area contributed by atoms with Crippen LogP contribution < -0.4 is 19.8 Å². The van der Waals surface area contributed by atoms with Gasteiger partial charge < -0.3 is 20.1 Å². The van der Waals surface area contributed by atoms with Gasteiger partial charge >= 0.3 is 5.88 Å². The third-order valence-corrected chi connectivity index (χ3v) is 6.43. The Balaban J connectivity index is 1.54. The maximum Gasteiger partial charge on any atom is 0.325 e. The van der Waals surface area contributed by atoms with E-state index in [0.29, 0.717) is 35.8 Å². The molecular formula is C26H28N6O5S. The molecule has 0 aliphatic carbocycles. The fourth-order valence-electron chi connectivity index (χ4n) is 4.05. The van der Waals surface area contributed by atoms with Crippen LogP contribution in [0.5, 0.6) is 5.75 Å². The molecular weight excluding hydrogens is 508 g/mol. The van der Waals surface area contributed by atoms with Crippen molar-refractivity contribution in [2.24, 2.45) is 12.0 Å². The molecule has 0 radical (unpaired) electrons. The number of nitrogens with one attached hydrogen (secondary N) is 1. The van der Waals surface area contributed by atoms with E-state index in [1.165, 1.54) is 9.58 Å². The summed E-state index contributed by atoms with van der Waals surface area (Å²) in [6.45, 7) is 4.65. The van der Waals surface area contributed by atoms with Gasteiger partial charge in [0.15, 0.2) is 12.2 Å². The topological polar surface area (TPSA) is 127 Å². The highest BCUT2D eigenvalue weighted by Gasteiger charge is 2.44. The molecule has 3 aromatic rings. The number of thiocarbonyl (C=S) groups is 1. The molecule has 1 N–H and O–H groups in total. The van der Waals surface area contributed by atoms with Gasteiger partial charge in [-0.15, -0.1) is 0 Å². The standard InChI is InChI=1S/C26H28N6O5S/c1-4-31-25(35)20(15-22(33)27-18-11-13-19(14-12-18)36-5-2)32(26(31)38)16-21-24(37-29-30(21)3)28-23(34)17-9-7-6-8-10-17/h6-14,20H,4-5,15-16H2,1-3H3,(H-,27,28,29,33,34). The van der Waals surface area contributed by atoms with Crippen molar-refractivity contribution in [1.82, 2.24) is 15.1 Å². The second-order valence-corrected chi connectivity index (χ2v) is 8.81. The average Bonchev–Trinajstić information content (AvgIpc) is 3.36. The monoisotopic (exact) mass is 536 g/mol. The van der Waals surface area contributed by atoms with Gasteiger partial charge in [0.2, 0.25) is 11.2 Å². The van der Waals surface area contributed by atoms with E-state index in [0.717, 1.165) is 0 Å². The Morgan fingerprint density at radius 1 is 1.21 bits per heavy atom. The van der Waals surface area contributed by atoms with E-state index in [-0.39, 0.29) is 35.8 Å². The van der Waals surface area contributed by atoms with Crippen LogP contribution in [0.1, 0.15) is 31.5 Å². The fraction of sp³-hybridized carbons (Fsp3) is 0.308. The lowest BCUT2D eigenvalue weighted by molar-refractivity contribution is -0.746. The summed E-state index contributed by atoms with van der Waals surface area (Å²) in [5.41, 5.74) is 1.40. The van der Waals surface area contributed by atoms with Crippen LogP contribution in [-0.2, 0) is 23.2 Å². The maximum absolute atomic E-state index is 13.2. The number of amides is 2. The number of aryl methyl sites for hydroxylation is 1. The van der Waals surface area contributed by atoms with E-state index in [1.807, 2.05) is 13.8 Å². The molecule has 12 heteroatoms. The lowest BCUT2D eigenvalue weighted by Gasteiger charge is -2.21. The molecule has 0 spiro atoms. The van der Waals surface area contributed by atoms with Crippen LogP contribution in [0.4, 0.5) is 11.6 Å². The van der Waals surface area contributed by atoms with Crippen molar-refractivity contribution in [2.45, 2.75) is 32.9 Å². The normalized spacial score (nSPS) is 15.8. The number of anilines is 1. The minimum atomic E-state index is -0.849. The molecule has 0 saturated carbocycles. The summed E-state index contributed by atoms with van der Waals surface area (Å²) in [7, 11) is 1.64. The van der Waals surface area contributed by atoms with Crippen molar-refractivity contribution < 1.29 is 28.6 Å². The number of likely N-dealkylation sites (N-methyl/N-ethyl adjacent to an activating group) is 1. The van der Waals surface area contributed by atoms with E-state index in [9.17, 15) is 14.7 Å². The Bertz CT molecular complexity index is 1340.